The minimum atomic E-state index is -1.26. The summed E-state index contributed by atoms with van der Waals surface area (Å²) in [6.45, 7) is 0.887. The summed E-state index contributed by atoms with van der Waals surface area (Å²) < 4.78 is 13.2. The number of benzene rings is 2. The van der Waals surface area contributed by atoms with Crippen LogP contribution < -0.4 is 0 Å². The summed E-state index contributed by atoms with van der Waals surface area (Å²) in [7, 11) is 4.09. The Hall–Kier alpha value is -2.64. The number of carboxylic acids is 2. The van der Waals surface area contributed by atoms with Crippen LogP contribution in [0.3, 0.4) is 0 Å². The van der Waals surface area contributed by atoms with Crippen LogP contribution >= 0.6 is 11.8 Å². The molecule has 0 atom stereocenters. The number of aliphatic carboxylic acids is 2. The van der Waals surface area contributed by atoms with Gasteiger partial charge in [-0.25, -0.2) is 14.0 Å². The van der Waals surface area contributed by atoms with Crippen molar-refractivity contribution in [3.05, 3.63) is 72.1 Å². The Balaban J connectivity index is 0.000000359. The van der Waals surface area contributed by atoms with Crippen molar-refractivity contribution in [1.29, 1.82) is 0 Å². The molecule has 2 aromatic carbocycles. The number of nitrogens with zero attached hydrogens (tertiary/aromatic N) is 1. The molecular formula is C19H20FNO4S. The monoisotopic (exact) mass is 377 g/mol. The number of halogens is 1. The summed E-state index contributed by atoms with van der Waals surface area (Å²) in [5, 5.41) is 15.6. The van der Waals surface area contributed by atoms with Crippen LogP contribution in [0.25, 0.3) is 0 Å². The zero-order valence-corrected chi connectivity index (χ0v) is 15.2. The van der Waals surface area contributed by atoms with Gasteiger partial charge in [-0.2, -0.15) is 0 Å². The molecule has 0 aromatic heterocycles. The average molecular weight is 377 g/mol. The minimum Gasteiger partial charge on any atom is -0.478 e. The van der Waals surface area contributed by atoms with Crippen molar-refractivity contribution >= 4 is 23.7 Å². The van der Waals surface area contributed by atoms with E-state index in [0.717, 1.165) is 11.4 Å². The fourth-order valence-electron chi connectivity index (χ4n) is 1.87. The molecular weight excluding hydrogens is 357 g/mol. The van der Waals surface area contributed by atoms with Gasteiger partial charge in [-0.1, -0.05) is 36.0 Å². The van der Waals surface area contributed by atoms with E-state index in [4.69, 9.17) is 10.2 Å². The van der Waals surface area contributed by atoms with Gasteiger partial charge in [0.25, 0.3) is 0 Å². The molecule has 0 bridgehead atoms. The Kier molecular flexibility index (Phi) is 9.11. The Bertz CT molecular complexity index is 762. The van der Waals surface area contributed by atoms with Gasteiger partial charge in [-0.3, -0.25) is 0 Å². The predicted octanol–water partition coefficient (Wildman–Crippen LogP) is 3.75. The van der Waals surface area contributed by atoms with E-state index in [0.29, 0.717) is 12.2 Å². The van der Waals surface area contributed by atoms with E-state index in [9.17, 15) is 14.0 Å². The zero-order chi connectivity index (χ0) is 19.5. The lowest BCUT2D eigenvalue weighted by Crippen LogP contribution is -2.11. The van der Waals surface area contributed by atoms with Gasteiger partial charge in [0, 0.05) is 28.5 Å². The first-order valence-electron chi connectivity index (χ1n) is 7.58. The van der Waals surface area contributed by atoms with Crippen LogP contribution in [0.5, 0.6) is 0 Å². The van der Waals surface area contributed by atoms with Crippen LogP contribution in [-0.4, -0.2) is 41.1 Å². The molecule has 0 radical (unpaired) electrons. The van der Waals surface area contributed by atoms with E-state index in [2.05, 4.69) is 17.0 Å². The largest absolute Gasteiger partial charge is 0.478 e. The van der Waals surface area contributed by atoms with Gasteiger partial charge in [0.15, 0.2) is 0 Å². The SMILES string of the molecule is CN(C)Cc1ccccc1Sc1cccc(F)c1.O=C(O)/C=C\C(=O)O. The maximum Gasteiger partial charge on any atom is 0.328 e. The highest BCUT2D eigenvalue weighted by Crippen LogP contribution is 2.31. The first-order valence-corrected chi connectivity index (χ1v) is 8.39. The van der Waals surface area contributed by atoms with Crippen molar-refractivity contribution in [1.82, 2.24) is 4.90 Å². The second kappa shape index (κ2) is 11.1. The van der Waals surface area contributed by atoms with Crippen molar-refractivity contribution in [2.75, 3.05) is 14.1 Å². The fraction of sp³-hybridized carbons (Fsp3) is 0.158. The number of hydrogen-bond donors (Lipinski definition) is 2. The summed E-state index contributed by atoms with van der Waals surface area (Å²) in [5.41, 5.74) is 1.26. The molecule has 0 spiro atoms. The van der Waals surface area contributed by atoms with E-state index in [1.54, 1.807) is 23.9 Å². The van der Waals surface area contributed by atoms with Crippen molar-refractivity contribution in [2.45, 2.75) is 16.3 Å². The second-order valence-electron chi connectivity index (χ2n) is 5.41. The van der Waals surface area contributed by atoms with Gasteiger partial charge in [0.1, 0.15) is 5.82 Å². The van der Waals surface area contributed by atoms with Crippen molar-refractivity contribution < 1.29 is 24.2 Å². The first kappa shape index (κ1) is 21.4. The van der Waals surface area contributed by atoms with Crippen molar-refractivity contribution in [3.8, 4) is 0 Å². The Morgan fingerprint density at radius 3 is 2.19 bits per heavy atom. The number of carbonyl (C=O) groups is 2. The van der Waals surface area contributed by atoms with Gasteiger partial charge in [-0.05, 0) is 43.9 Å². The molecule has 0 heterocycles. The highest BCUT2D eigenvalue weighted by atomic mass is 32.2. The maximum atomic E-state index is 13.2. The summed E-state index contributed by atoms with van der Waals surface area (Å²) >= 11 is 1.60. The van der Waals surface area contributed by atoms with E-state index >= 15 is 0 Å². The average Bonchev–Trinajstić information content (AvgIpc) is 2.55. The Morgan fingerprint density at radius 1 is 1.04 bits per heavy atom. The lowest BCUT2D eigenvalue weighted by atomic mass is 10.2. The zero-order valence-electron chi connectivity index (χ0n) is 14.4. The Labute approximate surface area is 155 Å². The van der Waals surface area contributed by atoms with E-state index in [1.165, 1.54) is 16.5 Å². The summed E-state index contributed by atoms with van der Waals surface area (Å²) in [6, 6.07) is 14.9. The fourth-order valence-corrected chi connectivity index (χ4v) is 2.86. The summed E-state index contributed by atoms with van der Waals surface area (Å²) in [5.74, 6) is -2.70. The molecule has 2 N–H and O–H groups in total. The molecule has 0 aliphatic carbocycles. The van der Waals surface area contributed by atoms with Crippen LogP contribution in [-0.2, 0) is 16.1 Å². The molecule has 0 saturated heterocycles. The second-order valence-corrected chi connectivity index (χ2v) is 6.53. The lowest BCUT2D eigenvalue weighted by molar-refractivity contribution is -0.134. The van der Waals surface area contributed by atoms with E-state index < -0.39 is 11.9 Å². The van der Waals surface area contributed by atoms with Crippen LogP contribution in [0.1, 0.15) is 5.56 Å². The van der Waals surface area contributed by atoms with Gasteiger partial charge in [-0.15, -0.1) is 0 Å². The summed E-state index contributed by atoms with van der Waals surface area (Å²) in [4.78, 5) is 23.3. The molecule has 0 unspecified atom stereocenters. The summed E-state index contributed by atoms with van der Waals surface area (Å²) in [6.07, 6.45) is 1.12. The smallest absolute Gasteiger partial charge is 0.328 e. The third-order valence-corrected chi connectivity index (χ3v) is 3.96. The molecule has 0 aliphatic heterocycles. The van der Waals surface area contributed by atoms with Gasteiger partial charge in [0.2, 0.25) is 0 Å². The van der Waals surface area contributed by atoms with Crippen LogP contribution in [0.4, 0.5) is 4.39 Å². The van der Waals surface area contributed by atoms with Gasteiger partial charge >= 0.3 is 11.9 Å². The molecule has 2 aromatic rings. The molecule has 0 aliphatic rings. The van der Waals surface area contributed by atoms with Crippen LogP contribution in [0, 0.1) is 5.82 Å². The van der Waals surface area contributed by atoms with Crippen molar-refractivity contribution in [2.24, 2.45) is 0 Å². The maximum absolute atomic E-state index is 13.2. The molecule has 0 amide bonds. The van der Waals surface area contributed by atoms with E-state index in [-0.39, 0.29) is 5.82 Å². The first-order chi connectivity index (χ1) is 12.3. The molecule has 0 saturated carbocycles. The Morgan fingerprint density at radius 2 is 1.65 bits per heavy atom. The van der Waals surface area contributed by atoms with Crippen LogP contribution in [0.2, 0.25) is 0 Å². The molecule has 2 rings (SSSR count). The normalized spacial score (nSPS) is 10.5. The molecule has 0 fully saturated rings. The number of rotatable bonds is 6. The van der Waals surface area contributed by atoms with Gasteiger partial charge in [0.05, 0.1) is 0 Å². The molecule has 138 valence electrons. The number of carboxylic acid groups (broad SMARTS) is 2. The third-order valence-electron chi connectivity index (χ3n) is 2.85. The number of hydrogen-bond acceptors (Lipinski definition) is 4. The van der Waals surface area contributed by atoms with E-state index in [1.807, 2.05) is 32.3 Å². The molecule has 7 heteroatoms. The van der Waals surface area contributed by atoms with Gasteiger partial charge < -0.3 is 15.1 Å². The lowest BCUT2D eigenvalue weighted by Gasteiger charge is -2.13. The highest BCUT2D eigenvalue weighted by molar-refractivity contribution is 7.99. The minimum absolute atomic E-state index is 0.190. The topological polar surface area (TPSA) is 77.8 Å². The highest BCUT2D eigenvalue weighted by Gasteiger charge is 2.05. The molecule has 5 nitrogen and oxygen atoms in total. The van der Waals surface area contributed by atoms with Crippen molar-refractivity contribution in [3.63, 3.8) is 0 Å². The predicted molar refractivity (Wildman–Crippen MR) is 98.8 cm³/mol. The third kappa shape index (κ3) is 9.00. The quantitative estimate of drug-likeness (QED) is 0.747. The standard InChI is InChI=1S/C15H16FNS.C4H4O4/c1-17(2)11-12-6-3-4-9-15(12)18-14-8-5-7-13(16)10-14;5-3(6)1-2-4(7)8/h3-10H,11H2,1-2H3;1-2H,(H,5,6)(H,7,8)/b;2-1-. The van der Waals surface area contributed by atoms with Crippen LogP contribution in [0.15, 0.2) is 70.5 Å². The molecule has 26 heavy (non-hydrogen) atoms.